The summed E-state index contributed by atoms with van der Waals surface area (Å²) in [6.07, 6.45) is 8.29. The van der Waals surface area contributed by atoms with E-state index in [1.54, 1.807) is 0 Å². The molecule has 0 spiro atoms. The van der Waals surface area contributed by atoms with Crippen LogP contribution >= 0.6 is 0 Å². The minimum Gasteiger partial charge on any atom is -0.365 e. The van der Waals surface area contributed by atoms with Gasteiger partial charge >= 0.3 is 0 Å². The van der Waals surface area contributed by atoms with E-state index in [2.05, 4.69) is 47.4 Å². The zero-order valence-electron chi connectivity index (χ0n) is 9.65. The van der Waals surface area contributed by atoms with E-state index < -0.39 is 0 Å². The molecule has 0 bridgehead atoms. The number of aromatic nitrogens is 1. The molecular formula is C15H19N. The van der Waals surface area contributed by atoms with Gasteiger partial charge in [-0.05, 0) is 43.4 Å². The molecule has 1 N–H and O–H groups in total. The molecule has 1 aromatic heterocycles. The van der Waals surface area contributed by atoms with Gasteiger partial charge in [-0.1, -0.05) is 36.8 Å². The third kappa shape index (κ3) is 3.58. The molecule has 1 aromatic carbocycles. The number of H-pyrrole nitrogens is 1. The Hall–Kier alpha value is -1.50. The molecular weight excluding hydrogens is 194 g/mol. The van der Waals surface area contributed by atoms with E-state index >= 15 is 0 Å². The van der Waals surface area contributed by atoms with Gasteiger partial charge in [0.1, 0.15) is 0 Å². The van der Waals surface area contributed by atoms with Gasteiger partial charge in [0.15, 0.2) is 0 Å². The molecule has 0 aliphatic rings. The molecule has 1 heteroatoms. The number of aryl methyl sites for hydroxylation is 2. The highest BCUT2D eigenvalue weighted by Gasteiger charge is 1.95. The van der Waals surface area contributed by atoms with Gasteiger partial charge in [0, 0.05) is 11.9 Å². The van der Waals surface area contributed by atoms with E-state index in [0.29, 0.717) is 0 Å². The molecule has 16 heavy (non-hydrogen) atoms. The molecule has 0 saturated carbocycles. The summed E-state index contributed by atoms with van der Waals surface area (Å²) < 4.78 is 0. The number of hydrogen-bond donors (Lipinski definition) is 1. The Morgan fingerprint density at radius 1 is 0.750 bits per heavy atom. The first kappa shape index (κ1) is 11.0. The molecule has 1 nitrogen and oxygen atoms in total. The molecule has 84 valence electrons. The van der Waals surface area contributed by atoms with Gasteiger partial charge in [0.05, 0.1) is 0 Å². The minimum absolute atomic E-state index is 1.18. The van der Waals surface area contributed by atoms with Crippen LogP contribution < -0.4 is 0 Å². The lowest BCUT2D eigenvalue weighted by atomic mass is 10.1. The standard InChI is InChI=1S/C15H19N/c1-3-8-14(9-4-1)10-5-2-6-11-15-12-7-13-16-15/h1,3-4,7-9,12-13,16H,2,5-6,10-11H2. The molecule has 2 rings (SSSR count). The smallest absolute Gasteiger partial charge is 0.0147 e. The number of aromatic amines is 1. The van der Waals surface area contributed by atoms with Crippen LogP contribution in [0.4, 0.5) is 0 Å². The van der Waals surface area contributed by atoms with Crippen LogP contribution in [0.1, 0.15) is 30.5 Å². The highest BCUT2D eigenvalue weighted by atomic mass is 14.7. The van der Waals surface area contributed by atoms with E-state index in [-0.39, 0.29) is 0 Å². The number of hydrogen-bond acceptors (Lipinski definition) is 0. The van der Waals surface area contributed by atoms with Crippen LogP contribution in [0.5, 0.6) is 0 Å². The second-order valence-corrected chi connectivity index (χ2v) is 4.24. The van der Waals surface area contributed by atoms with Gasteiger partial charge in [0.25, 0.3) is 0 Å². The Morgan fingerprint density at radius 3 is 2.31 bits per heavy atom. The maximum absolute atomic E-state index is 3.25. The molecule has 0 unspecified atom stereocenters. The highest BCUT2D eigenvalue weighted by Crippen LogP contribution is 2.08. The fraction of sp³-hybridized carbons (Fsp3) is 0.333. The lowest BCUT2D eigenvalue weighted by Gasteiger charge is -2.01. The van der Waals surface area contributed by atoms with Gasteiger partial charge in [-0.25, -0.2) is 0 Å². The summed E-state index contributed by atoms with van der Waals surface area (Å²) in [5, 5.41) is 0. The summed E-state index contributed by atoms with van der Waals surface area (Å²) in [7, 11) is 0. The first-order valence-corrected chi connectivity index (χ1v) is 6.11. The van der Waals surface area contributed by atoms with Crippen molar-refractivity contribution < 1.29 is 0 Å². The Bertz CT molecular complexity index is 375. The topological polar surface area (TPSA) is 15.8 Å². The third-order valence-electron chi connectivity index (χ3n) is 2.92. The van der Waals surface area contributed by atoms with Crippen LogP contribution in [-0.4, -0.2) is 4.98 Å². The maximum atomic E-state index is 3.25. The van der Waals surface area contributed by atoms with Crippen molar-refractivity contribution in [1.29, 1.82) is 0 Å². The van der Waals surface area contributed by atoms with Crippen LogP contribution in [0.15, 0.2) is 48.7 Å². The second-order valence-electron chi connectivity index (χ2n) is 4.24. The largest absolute Gasteiger partial charge is 0.365 e. The van der Waals surface area contributed by atoms with Crippen molar-refractivity contribution in [2.75, 3.05) is 0 Å². The summed E-state index contributed by atoms with van der Waals surface area (Å²) >= 11 is 0. The third-order valence-corrected chi connectivity index (χ3v) is 2.92. The zero-order valence-corrected chi connectivity index (χ0v) is 9.65. The summed E-state index contributed by atoms with van der Waals surface area (Å²) in [6, 6.07) is 15.0. The van der Waals surface area contributed by atoms with Gasteiger partial charge in [0.2, 0.25) is 0 Å². The summed E-state index contributed by atoms with van der Waals surface area (Å²) in [6.45, 7) is 0. The SMILES string of the molecule is c1ccc(CCCCCc2ccc[nH]2)cc1. The fourth-order valence-corrected chi connectivity index (χ4v) is 1.99. The average Bonchev–Trinajstić information content (AvgIpc) is 2.83. The van der Waals surface area contributed by atoms with E-state index in [9.17, 15) is 0 Å². The zero-order chi connectivity index (χ0) is 11.1. The lowest BCUT2D eigenvalue weighted by molar-refractivity contribution is 0.673. The fourth-order valence-electron chi connectivity index (χ4n) is 1.99. The van der Waals surface area contributed by atoms with E-state index in [1.165, 1.54) is 43.4 Å². The van der Waals surface area contributed by atoms with Gasteiger partial charge in [-0.3, -0.25) is 0 Å². The van der Waals surface area contributed by atoms with Crippen molar-refractivity contribution in [3.8, 4) is 0 Å². The molecule has 2 aromatic rings. The normalized spacial score (nSPS) is 10.5. The summed E-state index contributed by atoms with van der Waals surface area (Å²) in [4.78, 5) is 3.25. The van der Waals surface area contributed by atoms with E-state index in [1.807, 2.05) is 6.20 Å². The average molecular weight is 213 g/mol. The molecule has 0 radical (unpaired) electrons. The van der Waals surface area contributed by atoms with Gasteiger partial charge in [-0.15, -0.1) is 0 Å². The number of unbranched alkanes of at least 4 members (excludes halogenated alkanes) is 2. The monoisotopic (exact) mass is 213 g/mol. The van der Waals surface area contributed by atoms with E-state index in [4.69, 9.17) is 0 Å². The van der Waals surface area contributed by atoms with Crippen molar-refractivity contribution in [2.24, 2.45) is 0 Å². The first-order valence-electron chi connectivity index (χ1n) is 6.11. The number of rotatable bonds is 6. The Balaban J connectivity index is 1.59. The molecule has 0 fully saturated rings. The predicted molar refractivity (Wildman–Crippen MR) is 68.5 cm³/mol. The lowest BCUT2D eigenvalue weighted by Crippen LogP contribution is -1.88. The Labute approximate surface area is 97.5 Å². The molecule has 1 heterocycles. The quantitative estimate of drug-likeness (QED) is 0.699. The van der Waals surface area contributed by atoms with Crippen LogP contribution in [0.25, 0.3) is 0 Å². The van der Waals surface area contributed by atoms with Crippen LogP contribution in [0, 0.1) is 0 Å². The van der Waals surface area contributed by atoms with Crippen molar-refractivity contribution >= 4 is 0 Å². The van der Waals surface area contributed by atoms with Crippen molar-refractivity contribution in [1.82, 2.24) is 4.98 Å². The summed E-state index contributed by atoms with van der Waals surface area (Å²) in [5.41, 5.74) is 2.82. The minimum atomic E-state index is 1.18. The van der Waals surface area contributed by atoms with Crippen LogP contribution in [0.2, 0.25) is 0 Å². The molecule has 0 amide bonds. The Kier molecular flexibility index (Phi) is 4.24. The molecule has 0 aliphatic carbocycles. The molecule has 0 aliphatic heterocycles. The number of nitrogens with one attached hydrogen (secondary N) is 1. The first-order chi connectivity index (χ1) is 7.95. The second kappa shape index (κ2) is 6.16. The highest BCUT2D eigenvalue weighted by molar-refractivity contribution is 5.14. The van der Waals surface area contributed by atoms with Crippen LogP contribution in [-0.2, 0) is 12.8 Å². The van der Waals surface area contributed by atoms with Crippen LogP contribution in [0.3, 0.4) is 0 Å². The van der Waals surface area contributed by atoms with Gasteiger partial charge in [-0.2, -0.15) is 0 Å². The predicted octanol–water partition coefficient (Wildman–Crippen LogP) is 3.97. The van der Waals surface area contributed by atoms with Gasteiger partial charge < -0.3 is 4.98 Å². The molecule has 0 saturated heterocycles. The van der Waals surface area contributed by atoms with Crippen molar-refractivity contribution in [3.63, 3.8) is 0 Å². The number of benzene rings is 1. The van der Waals surface area contributed by atoms with Crippen molar-refractivity contribution in [3.05, 3.63) is 59.9 Å². The Morgan fingerprint density at radius 2 is 1.56 bits per heavy atom. The van der Waals surface area contributed by atoms with Crippen molar-refractivity contribution in [2.45, 2.75) is 32.1 Å². The molecule has 0 atom stereocenters. The summed E-state index contributed by atoms with van der Waals surface area (Å²) in [5.74, 6) is 0. The maximum Gasteiger partial charge on any atom is 0.0147 e. The van der Waals surface area contributed by atoms with E-state index in [0.717, 1.165) is 0 Å².